The van der Waals surface area contributed by atoms with Crippen molar-refractivity contribution in [3.8, 4) is 0 Å². The Morgan fingerprint density at radius 2 is 1.85 bits per heavy atom. The maximum Gasteiger partial charge on any atom is 0.264 e. The molecule has 2 aromatic rings. The van der Waals surface area contributed by atoms with E-state index in [0.717, 1.165) is 22.4 Å². The standard InChI is InChI=1S/C20H24N2O3S/c1-5-22(18-7-6-14(2)15(3)12-18)26(24,25)19-8-9-20-17(13-19)10-11-21(20)16(4)23/h6-9,12-13H,5,10-11H2,1-4H3. The zero-order valence-electron chi connectivity index (χ0n) is 15.6. The first kappa shape index (κ1) is 18.5. The van der Waals surface area contributed by atoms with Gasteiger partial charge < -0.3 is 4.90 Å². The molecule has 1 heterocycles. The minimum absolute atomic E-state index is 0.0235. The first-order valence-corrected chi connectivity index (χ1v) is 10.2. The highest BCUT2D eigenvalue weighted by atomic mass is 32.2. The summed E-state index contributed by atoms with van der Waals surface area (Å²) in [5.41, 5.74) is 4.57. The van der Waals surface area contributed by atoms with E-state index in [0.29, 0.717) is 25.2 Å². The molecular weight excluding hydrogens is 348 g/mol. The highest BCUT2D eigenvalue weighted by Gasteiger charge is 2.28. The molecule has 0 saturated heterocycles. The predicted octanol–water partition coefficient (Wildman–Crippen LogP) is 3.43. The molecule has 0 bridgehead atoms. The normalized spacial score (nSPS) is 13.6. The third-order valence-electron chi connectivity index (χ3n) is 4.98. The van der Waals surface area contributed by atoms with Crippen molar-refractivity contribution in [1.82, 2.24) is 0 Å². The molecule has 2 aromatic carbocycles. The molecule has 1 aliphatic rings. The summed E-state index contributed by atoms with van der Waals surface area (Å²) in [4.78, 5) is 13.6. The summed E-state index contributed by atoms with van der Waals surface area (Å²) < 4.78 is 27.9. The summed E-state index contributed by atoms with van der Waals surface area (Å²) in [7, 11) is -3.66. The lowest BCUT2D eigenvalue weighted by Crippen LogP contribution is -2.31. The number of fused-ring (bicyclic) bond motifs is 1. The van der Waals surface area contributed by atoms with Crippen LogP contribution in [-0.2, 0) is 21.2 Å². The fraction of sp³-hybridized carbons (Fsp3) is 0.350. The third-order valence-corrected chi connectivity index (χ3v) is 6.88. The topological polar surface area (TPSA) is 57.7 Å². The number of carbonyl (C=O) groups is 1. The van der Waals surface area contributed by atoms with E-state index in [2.05, 4.69) is 0 Å². The molecule has 0 aromatic heterocycles. The molecule has 0 N–H and O–H groups in total. The van der Waals surface area contributed by atoms with E-state index in [-0.39, 0.29) is 10.8 Å². The molecule has 0 saturated carbocycles. The van der Waals surface area contributed by atoms with Crippen molar-refractivity contribution in [3.63, 3.8) is 0 Å². The maximum absolute atomic E-state index is 13.2. The van der Waals surface area contributed by atoms with Crippen LogP contribution in [0.1, 0.15) is 30.5 Å². The van der Waals surface area contributed by atoms with E-state index in [1.165, 1.54) is 11.2 Å². The van der Waals surface area contributed by atoms with Crippen molar-refractivity contribution in [2.45, 2.75) is 39.0 Å². The van der Waals surface area contributed by atoms with Crippen LogP contribution >= 0.6 is 0 Å². The van der Waals surface area contributed by atoms with Crippen LogP contribution < -0.4 is 9.21 Å². The summed E-state index contributed by atoms with van der Waals surface area (Å²) in [5.74, 6) is -0.0235. The quantitative estimate of drug-likeness (QED) is 0.826. The lowest BCUT2D eigenvalue weighted by atomic mass is 10.1. The lowest BCUT2D eigenvalue weighted by molar-refractivity contribution is -0.116. The van der Waals surface area contributed by atoms with Crippen LogP contribution in [0.15, 0.2) is 41.3 Å². The summed E-state index contributed by atoms with van der Waals surface area (Å²) in [6.07, 6.45) is 0.675. The maximum atomic E-state index is 13.2. The number of anilines is 2. The number of nitrogens with zero attached hydrogens (tertiary/aromatic N) is 2. The smallest absolute Gasteiger partial charge is 0.264 e. The highest BCUT2D eigenvalue weighted by molar-refractivity contribution is 7.92. The first-order valence-electron chi connectivity index (χ1n) is 8.76. The number of sulfonamides is 1. The largest absolute Gasteiger partial charge is 0.312 e. The van der Waals surface area contributed by atoms with E-state index in [9.17, 15) is 13.2 Å². The van der Waals surface area contributed by atoms with Gasteiger partial charge in [-0.1, -0.05) is 6.07 Å². The van der Waals surface area contributed by atoms with Crippen molar-refractivity contribution in [1.29, 1.82) is 0 Å². The second kappa shape index (κ2) is 6.76. The van der Waals surface area contributed by atoms with Crippen LogP contribution in [0.3, 0.4) is 0 Å². The second-order valence-corrected chi connectivity index (χ2v) is 8.51. The van der Waals surface area contributed by atoms with Crippen LogP contribution in [0.5, 0.6) is 0 Å². The van der Waals surface area contributed by atoms with Crippen LogP contribution in [0, 0.1) is 13.8 Å². The van der Waals surface area contributed by atoms with Gasteiger partial charge in [0.1, 0.15) is 0 Å². The molecule has 0 atom stereocenters. The van der Waals surface area contributed by atoms with Gasteiger partial charge in [0.05, 0.1) is 10.6 Å². The second-order valence-electron chi connectivity index (χ2n) is 6.65. The molecule has 3 rings (SSSR count). The Hall–Kier alpha value is -2.34. The predicted molar refractivity (Wildman–Crippen MR) is 104 cm³/mol. The van der Waals surface area contributed by atoms with E-state index in [1.54, 1.807) is 23.1 Å². The number of aryl methyl sites for hydroxylation is 2. The summed E-state index contributed by atoms with van der Waals surface area (Å²) in [6, 6.07) is 10.7. The monoisotopic (exact) mass is 372 g/mol. The number of amides is 1. The fourth-order valence-electron chi connectivity index (χ4n) is 3.36. The molecule has 138 valence electrons. The fourth-order valence-corrected chi connectivity index (χ4v) is 4.88. The number of rotatable bonds is 4. The van der Waals surface area contributed by atoms with Gasteiger partial charge in [-0.3, -0.25) is 9.10 Å². The Labute approximate surface area is 155 Å². The summed E-state index contributed by atoms with van der Waals surface area (Å²) in [6.45, 7) is 8.29. The van der Waals surface area contributed by atoms with Gasteiger partial charge in [0, 0.05) is 25.7 Å². The lowest BCUT2D eigenvalue weighted by Gasteiger charge is -2.24. The minimum atomic E-state index is -3.66. The Kier molecular flexibility index (Phi) is 4.80. The van der Waals surface area contributed by atoms with Crippen LogP contribution in [0.25, 0.3) is 0 Å². The molecule has 0 spiro atoms. The molecule has 0 unspecified atom stereocenters. The van der Waals surface area contributed by atoms with Gasteiger partial charge in [0.15, 0.2) is 0 Å². The molecule has 5 nitrogen and oxygen atoms in total. The average Bonchev–Trinajstić information content (AvgIpc) is 3.02. The zero-order chi connectivity index (χ0) is 19.1. The Morgan fingerprint density at radius 3 is 2.46 bits per heavy atom. The zero-order valence-corrected chi connectivity index (χ0v) is 16.4. The molecule has 0 aliphatic carbocycles. The number of carbonyl (C=O) groups excluding carboxylic acids is 1. The summed E-state index contributed by atoms with van der Waals surface area (Å²) >= 11 is 0. The first-order chi connectivity index (χ1) is 12.3. The third kappa shape index (κ3) is 3.09. The van der Waals surface area contributed by atoms with Gasteiger partial charge in [0.25, 0.3) is 10.0 Å². The van der Waals surface area contributed by atoms with Crippen molar-refractivity contribution in [3.05, 3.63) is 53.1 Å². The average molecular weight is 372 g/mol. The van der Waals surface area contributed by atoms with Gasteiger partial charge in [-0.15, -0.1) is 0 Å². The molecule has 26 heavy (non-hydrogen) atoms. The van der Waals surface area contributed by atoms with Gasteiger partial charge in [-0.05, 0) is 74.2 Å². The highest BCUT2D eigenvalue weighted by Crippen LogP contribution is 2.32. The minimum Gasteiger partial charge on any atom is -0.312 e. The van der Waals surface area contributed by atoms with E-state index >= 15 is 0 Å². The molecule has 6 heteroatoms. The molecule has 0 radical (unpaired) electrons. The molecule has 1 aliphatic heterocycles. The SMILES string of the molecule is CCN(c1ccc(C)c(C)c1)S(=O)(=O)c1ccc2c(c1)CCN2C(C)=O. The van der Waals surface area contributed by atoms with E-state index < -0.39 is 10.0 Å². The van der Waals surface area contributed by atoms with Crippen molar-refractivity contribution in [2.24, 2.45) is 0 Å². The Morgan fingerprint density at radius 1 is 1.12 bits per heavy atom. The molecular formula is C20H24N2O3S. The van der Waals surface area contributed by atoms with Gasteiger partial charge in [-0.25, -0.2) is 8.42 Å². The van der Waals surface area contributed by atoms with Crippen LogP contribution in [-0.4, -0.2) is 27.4 Å². The molecule has 0 fully saturated rings. The van der Waals surface area contributed by atoms with E-state index in [1.807, 2.05) is 39.0 Å². The Bertz CT molecular complexity index is 967. The number of benzene rings is 2. The van der Waals surface area contributed by atoms with Crippen LogP contribution in [0.4, 0.5) is 11.4 Å². The van der Waals surface area contributed by atoms with E-state index in [4.69, 9.17) is 0 Å². The van der Waals surface area contributed by atoms with Gasteiger partial charge in [0.2, 0.25) is 5.91 Å². The Balaban J connectivity index is 2.01. The van der Waals surface area contributed by atoms with Gasteiger partial charge in [-0.2, -0.15) is 0 Å². The summed E-state index contributed by atoms with van der Waals surface area (Å²) in [5, 5.41) is 0. The molecule has 1 amide bonds. The number of hydrogen-bond donors (Lipinski definition) is 0. The van der Waals surface area contributed by atoms with Crippen molar-refractivity contribution >= 4 is 27.3 Å². The van der Waals surface area contributed by atoms with Crippen molar-refractivity contribution in [2.75, 3.05) is 22.3 Å². The van der Waals surface area contributed by atoms with Gasteiger partial charge >= 0.3 is 0 Å². The van der Waals surface area contributed by atoms with Crippen molar-refractivity contribution < 1.29 is 13.2 Å². The number of hydrogen-bond acceptors (Lipinski definition) is 3. The van der Waals surface area contributed by atoms with Crippen LogP contribution in [0.2, 0.25) is 0 Å².